The van der Waals surface area contributed by atoms with Crippen molar-refractivity contribution in [1.82, 2.24) is 0 Å². The Kier molecular flexibility index (Phi) is 3.36. The summed E-state index contributed by atoms with van der Waals surface area (Å²) >= 11 is 0. The van der Waals surface area contributed by atoms with Crippen LogP contribution in [0.25, 0.3) is 10.8 Å². The van der Waals surface area contributed by atoms with Crippen LogP contribution in [0.3, 0.4) is 0 Å². The predicted octanol–water partition coefficient (Wildman–Crippen LogP) is 4.36. The average Bonchev–Trinajstić information content (AvgIpc) is 2.50. The minimum Gasteiger partial charge on any atom is -0.494 e. The number of hydrogen-bond acceptors (Lipinski definition) is 3. The fraction of sp³-hybridized carbons (Fsp3) is 0.0588. The molecule has 0 saturated carbocycles. The topological polar surface area (TPSA) is 44.5 Å². The van der Waals surface area contributed by atoms with Crippen molar-refractivity contribution in [3.05, 3.63) is 60.4 Å². The number of rotatable bonds is 3. The lowest BCUT2D eigenvalue weighted by Gasteiger charge is -2.11. The second-order valence-corrected chi connectivity index (χ2v) is 4.64. The van der Waals surface area contributed by atoms with E-state index in [1.807, 2.05) is 36.4 Å². The summed E-state index contributed by atoms with van der Waals surface area (Å²) in [6.45, 7) is 0. The number of fused-ring (bicyclic) bond motifs is 1. The van der Waals surface area contributed by atoms with Gasteiger partial charge in [-0.25, -0.2) is 4.39 Å². The molecule has 0 amide bonds. The number of benzene rings is 3. The Morgan fingerprint density at radius 3 is 2.43 bits per heavy atom. The lowest BCUT2D eigenvalue weighted by molar-refractivity contribution is 0.403. The molecule has 4 heteroatoms. The third-order valence-corrected chi connectivity index (χ3v) is 3.23. The van der Waals surface area contributed by atoms with Crippen LogP contribution in [0.2, 0.25) is 0 Å². The molecule has 3 nitrogen and oxygen atoms in total. The summed E-state index contributed by atoms with van der Waals surface area (Å²) in [5, 5.41) is 2.12. The number of hydrogen-bond donors (Lipinski definition) is 1. The van der Waals surface area contributed by atoms with Crippen LogP contribution in [0.15, 0.2) is 54.6 Å². The normalized spacial score (nSPS) is 10.6. The maximum atomic E-state index is 13.9. The molecule has 2 N–H and O–H groups in total. The van der Waals surface area contributed by atoms with E-state index < -0.39 is 5.82 Å². The van der Waals surface area contributed by atoms with E-state index in [2.05, 4.69) is 0 Å². The summed E-state index contributed by atoms with van der Waals surface area (Å²) in [5.74, 6) is 0.490. The van der Waals surface area contributed by atoms with Gasteiger partial charge in [0.15, 0.2) is 11.6 Å². The minimum absolute atomic E-state index is 0.0799. The van der Waals surface area contributed by atoms with Crippen LogP contribution in [0.1, 0.15) is 0 Å². The zero-order valence-corrected chi connectivity index (χ0v) is 11.5. The molecule has 3 aromatic rings. The quantitative estimate of drug-likeness (QED) is 0.726. The zero-order chi connectivity index (χ0) is 14.8. The van der Waals surface area contributed by atoms with E-state index in [4.69, 9.17) is 15.2 Å². The number of ether oxygens (including phenoxy) is 2. The summed E-state index contributed by atoms with van der Waals surface area (Å²) in [6, 6.07) is 16.1. The van der Waals surface area contributed by atoms with Crippen LogP contribution in [0.4, 0.5) is 10.1 Å². The lowest BCUT2D eigenvalue weighted by atomic mass is 10.1. The summed E-state index contributed by atoms with van der Waals surface area (Å²) in [5.41, 5.74) is 5.88. The van der Waals surface area contributed by atoms with Gasteiger partial charge in [-0.1, -0.05) is 30.3 Å². The molecule has 21 heavy (non-hydrogen) atoms. The Morgan fingerprint density at radius 2 is 1.67 bits per heavy atom. The van der Waals surface area contributed by atoms with Crippen molar-refractivity contribution in [2.75, 3.05) is 12.8 Å². The molecule has 0 aliphatic heterocycles. The van der Waals surface area contributed by atoms with Crippen LogP contribution in [0, 0.1) is 5.82 Å². The van der Waals surface area contributed by atoms with Gasteiger partial charge in [0.25, 0.3) is 0 Å². The molecule has 0 aliphatic carbocycles. The second kappa shape index (κ2) is 5.32. The van der Waals surface area contributed by atoms with Gasteiger partial charge in [-0.2, -0.15) is 0 Å². The van der Waals surface area contributed by atoms with Crippen LogP contribution >= 0.6 is 0 Å². The minimum atomic E-state index is -0.526. The summed E-state index contributed by atoms with van der Waals surface area (Å²) < 4.78 is 24.6. The smallest absolute Gasteiger partial charge is 0.168 e. The summed E-state index contributed by atoms with van der Waals surface area (Å²) in [4.78, 5) is 0. The summed E-state index contributed by atoms with van der Waals surface area (Å²) in [6.07, 6.45) is 0. The maximum absolute atomic E-state index is 13.9. The molecule has 0 radical (unpaired) electrons. The van der Waals surface area contributed by atoms with Gasteiger partial charge < -0.3 is 15.2 Å². The Morgan fingerprint density at radius 1 is 0.905 bits per heavy atom. The molecule has 0 atom stereocenters. The molecule has 3 aromatic carbocycles. The highest BCUT2D eigenvalue weighted by atomic mass is 19.1. The monoisotopic (exact) mass is 283 g/mol. The lowest BCUT2D eigenvalue weighted by Crippen LogP contribution is -1.96. The number of halogens is 1. The van der Waals surface area contributed by atoms with Crippen molar-refractivity contribution < 1.29 is 13.9 Å². The molecule has 0 unspecified atom stereocenters. The van der Waals surface area contributed by atoms with Crippen molar-refractivity contribution in [3.63, 3.8) is 0 Å². The van der Waals surface area contributed by atoms with Gasteiger partial charge in [0.2, 0.25) is 0 Å². The van der Waals surface area contributed by atoms with E-state index >= 15 is 0 Å². The van der Waals surface area contributed by atoms with Crippen molar-refractivity contribution in [1.29, 1.82) is 0 Å². The van der Waals surface area contributed by atoms with E-state index in [0.29, 0.717) is 11.5 Å². The van der Waals surface area contributed by atoms with Gasteiger partial charge in [0, 0.05) is 12.1 Å². The van der Waals surface area contributed by atoms with Crippen molar-refractivity contribution in [3.8, 4) is 17.2 Å². The third kappa shape index (κ3) is 2.60. The second-order valence-electron chi connectivity index (χ2n) is 4.64. The van der Waals surface area contributed by atoms with Gasteiger partial charge in [0.1, 0.15) is 11.5 Å². The molecule has 0 aromatic heterocycles. The van der Waals surface area contributed by atoms with E-state index in [0.717, 1.165) is 10.8 Å². The fourth-order valence-electron chi connectivity index (χ4n) is 2.16. The Bertz CT molecular complexity index is 802. The number of methoxy groups -OCH3 is 1. The van der Waals surface area contributed by atoms with Crippen LogP contribution < -0.4 is 15.2 Å². The van der Waals surface area contributed by atoms with Gasteiger partial charge in [-0.05, 0) is 22.9 Å². The molecule has 106 valence electrons. The average molecular weight is 283 g/mol. The van der Waals surface area contributed by atoms with Gasteiger partial charge in [0.05, 0.1) is 12.8 Å². The molecule has 0 fully saturated rings. The first-order valence-corrected chi connectivity index (χ1v) is 6.47. The van der Waals surface area contributed by atoms with Gasteiger partial charge in [-0.15, -0.1) is 0 Å². The van der Waals surface area contributed by atoms with Crippen molar-refractivity contribution >= 4 is 16.5 Å². The zero-order valence-electron chi connectivity index (χ0n) is 11.5. The fourth-order valence-corrected chi connectivity index (χ4v) is 2.16. The van der Waals surface area contributed by atoms with Crippen LogP contribution in [-0.4, -0.2) is 7.11 Å². The molecule has 0 saturated heterocycles. The first-order valence-electron chi connectivity index (χ1n) is 6.47. The highest BCUT2D eigenvalue weighted by molar-refractivity contribution is 5.83. The van der Waals surface area contributed by atoms with E-state index in [-0.39, 0.29) is 11.4 Å². The maximum Gasteiger partial charge on any atom is 0.168 e. The number of nitrogen functional groups attached to an aromatic ring is 1. The van der Waals surface area contributed by atoms with Crippen LogP contribution in [0.5, 0.6) is 17.2 Å². The molecular weight excluding hydrogens is 269 g/mol. The summed E-state index contributed by atoms with van der Waals surface area (Å²) in [7, 11) is 1.48. The molecule has 3 rings (SSSR count). The molecule has 0 heterocycles. The molecule has 0 bridgehead atoms. The highest BCUT2D eigenvalue weighted by Crippen LogP contribution is 2.33. The third-order valence-electron chi connectivity index (χ3n) is 3.23. The first kappa shape index (κ1) is 13.2. The Labute approximate surface area is 121 Å². The van der Waals surface area contributed by atoms with Crippen LogP contribution in [-0.2, 0) is 0 Å². The predicted molar refractivity (Wildman–Crippen MR) is 81.4 cm³/mol. The van der Waals surface area contributed by atoms with Gasteiger partial charge >= 0.3 is 0 Å². The number of anilines is 1. The Hall–Kier alpha value is -2.75. The molecule has 0 spiro atoms. The van der Waals surface area contributed by atoms with Crippen molar-refractivity contribution in [2.24, 2.45) is 0 Å². The van der Waals surface area contributed by atoms with Gasteiger partial charge in [-0.3, -0.25) is 0 Å². The van der Waals surface area contributed by atoms with Crippen molar-refractivity contribution in [2.45, 2.75) is 0 Å². The largest absolute Gasteiger partial charge is 0.494 e. The molecular formula is C17H14FNO2. The SMILES string of the molecule is COc1cc(Oc2ccc3ccccc3c2)c(F)cc1N. The van der Waals surface area contributed by atoms with E-state index in [1.54, 1.807) is 6.07 Å². The number of nitrogens with two attached hydrogens (primary N) is 1. The van der Waals surface area contributed by atoms with E-state index in [9.17, 15) is 4.39 Å². The first-order chi connectivity index (χ1) is 10.2. The molecule has 0 aliphatic rings. The standard InChI is InChI=1S/C17H14FNO2/c1-20-17-10-16(14(18)9-15(17)19)21-13-7-6-11-4-2-3-5-12(11)8-13/h2-10H,19H2,1H3. The van der Waals surface area contributed by atoms with E-state index in [1.165, 1.54) is 19.2 Å². The highest BCUT2D eigenvalue weighted by Gasteiger charge is 2.10. The Balaban J connectivity index is 1.98.